The van der Waals surface area contributed by atoms with Crippen molar-refractivity contribution >= 4 is 5.91 Å². The molecule has 1 fully saturated rings. The van der Waals surface area contributed by atoms with Crippen molar-refractivity contribution in [3.05, 3.63) is 29.6 Å². The second kappa shape index (κ2) is 6.70. The Bertz CT molecular complexity index is 472. The second-order valence-corrected chi connectivity index (χ2v) is 5.06. The van der Waals surface area contributed by atoms with Crippen LogP contribution in [0.15, 0.2) is 18.2 Å². The first kappa shape index (κ1) is 14.8. The van der Waals surface area contributed by atoms with Gasteiger partial charge in [0.15, 0.2) is 0 Å². The van der Waals surface area contributed by atoms with Gasteiger partial charge in [-0.05, 0) is 37.8 Å². The third kappa shape index (κ3) is 3.48. The van der Waals surface area contributed by atoms with Gasteiger partial charge in [-0.25, -0.2) is 4.39 Å². The van der Waals surface area contributed by atoms with Crippen LogP contribution in [0, 0.1) is 11.7 Å². The van der Waals surface area contributed by atoms with Crippen LogP contribution in [0.2, 0.25) is 0 Å². The number of hydrogen-bond donors (Lipinski definition) is 1. The van der Waals surface area contributed by atoms with Crippen LogP contribution in [0.4, 0.5) is 4.39 Å². The molecule has 5 heteroatoms. The lowest BCUT2D eigenvalue weighted by Crippen LogP contribution is -2.40. The number of rotatable bonds is 4. The van der Waals surface area contributed by atoms with Crippen LogP contribution in [0.25, 0.3) is 0 Å². The number of ether oxygens (including phenoxy) is 2. The molecule has 0 aliphatic carbocycles. The predicted octanol–water partition coefficient (Wildman–Crippen LogP) is 2.38. The Morgan fingerprint density at radius 2 is 2.15 bits per heavy atom. The number of carbonyl (C=O) groups excluding carboxylic acids is 1. The lowest BCUT2D eigenvalue weighted by Gasteiger charge is -2.28. The summed E-state index contributed by atoms with van der Waals surface area (Å²) in [5.74, 6) is -0.171. The van der Waals surface area contributed by atoms with Gasteiger partial charge in [-0.3, -0.25) is 4.79 Å². The highest BCUT2D eigenvalue weighted by Crippen LogP contribution is 2.20. The van der Waals surface area contributed by atoms with E-state index in [1.807, 2.05) is 6.92 Å². The van der Waals surface area contributed by atoms with Gasteiger partial charge in [-0.1, -0.05) is 0 Å². The van der Waals surface area contributed by atoms with Gasteiger partial charge in [-0.2, -0.15) is 0 Å². The SMILES string of the molecule is COc1ccc(C(=O)NC(C)C2CCOCC2)c(F)c1. The number of halogens is 1. The third-order valence-electron chi connectivity index (χ3n) is 3.75. The van der Waals surface area contributed by atoms with Crippen molar-refractivity contribution in [2.24, 2.45) is 5.92 Å². The van der Waals surface area contributed by atoms with Gasteiger partial charge >= 0.3 is 0 Å². The summed E-state index contributed by atoms with van der Waals surface area (Å²) in [6.07, 6.45) is 1.85. The van der Waals surface area contributed by atoms with Gasteiger partial charge in [-0.15, -0.1) is 0 Å². The van der Waals surface area contributed by atoms with Gasteiger partial charge in [0.2, 0.25) is 0 Å². The van der Waals surface area contributed by atoms with Crippen molar-refractivity contribution < 1.29 is 18.7 Å². The zero-order valence-electron chi connectivity index (χ0n) is 11.8. The summed E-state index contributed by atoms with van der Waals surface area (Å²) in [7, 11) is 1.46. The van der Waals surface area contributed by atoms with E-state index in [0.29, 0.717) is 11.7 Å². The predicted molar refractivity (Wildman–Crippen MR) is 73.4 cm³/mol. The molecule has 1 aliphatic rings. The van der Waals surface area contributed by atoms with Crippen LogP contribution >= 0.6 is 0 Å². The maximum absolute atomic E-state index is 13.8. The fraction of sp³-hybridized carbons (Fsp3) is 0.533. The molecule has 1 aromatic carbocycles. The van der Waals surface area contributed by atoms with Gasteiger partial charge in [0.05, 0.1) is 12.7 Å². The Kier molecular flexibility index (Phi) is 4.95. The highest BCUT2D eigenvalue weighted by Gasteiger charge is 2.23. The van der Waals surface area contributed by atoms with Crippen molar-refractivity contribution in [3.8, 4) is 5.75 Å². The summed E-state index contributed by atoms with van der Waals surface area (Å²) in [6, 6.07) is 4.25. The molecule has 20 heavy (non-hydrogen) atoms. The molecule has 1 heterocycles. The number of methoxy groups -OCH3 is 1. The molecule has 110 valence electrons. The Morgan fingerprint density at radius 1 is 1.45 bits per heavy atom. The Hall–Kier alpha value is -1.62. The average molecular weight is 281 g/mol. The van der Waals surface area contributed by atoms with E-state index < -0.39 is 5.82 Å². The minimum absolute atomic E-state index is 0.00732. The van der Waals surface area contributed by atoms with Crippen LogP contribution in [0.3, 0.4) is 0 Å². The monoisotopic (exact) mass is 281 g/mol. The quantitative estimate of drug-likeness (QED) is 0.921. The van der Waals surface area contributed by atoms with Gasteiger partial charge in [0.1, 0.15) is 11.6 Å². The minimum Gasteiger partial charge on any atom is -0.497 e. The Balaban J connectivity index is 2.00. The maximum atomic E-state index is 13.8. The molecule has 1 atom stereocenters. The van der Waals surface area contributed by atoms with E-state index in [9.17, 15) is 9.18 Å². The highest BCUT2D eigenvalue weighted by atomic mass is 19.1. The molecule has 1 aliphatic heterocycles. The van der Waals surface area contributed by atoms with Gasteiger partial charge in [0, 0.05) is 25.3 Å². The first-order chi connectivity index (χ1) is 9.61. The van der Waals surface area contributed by atoms with E-state index >= 15 is 0 Å². The summed E-state index contributed by atoms with van der Waals surface area (Å²) in [5, 5.41) is 2.87. The van der Waals surface area contributed by atoms with E-state index in [0.717, 1.165) is 26.1 Å². The van der Waals surface area contributed by atoms with Gasteiger partial charge in [0.25, 0.3) is 5.91 Å². The van der Waals surface area contributed by atoms with Crippen LogP contribution in [-0.2, 0) is 4.74 Å². The van der Waals surface area contributed by atoms with E-state index in [1.165, 1.54) is 19.2 Å². The van der Waals surface area contributed by atoms with Crippen molar-refractivity contribution in [1.29, 1.82) is 0 Å². The smallest absolute Gasteiger partial charge is 0.254 e. The lowest BCUT2D eigenvalue weighted by atomic mass is 9.93. The topological polar surface area (TPSA) is 47.6 Å². The molecule has 0 spiro atoms. The van der Waals surface area contributed by atoms with E-state index in [4.69, 9.17) is 9.47 Å². The fourth-order valence-electron chi connectivity index (χ4n) is 2.43. The lowest BCUT2D eigenvalue weighted by molar-refractivity contribution is 0.0537. The fourth-order valence-corrected chi connectivity index (χ4v) is 2.43. The highest BCUT2D eigenvalue weighted by molar-refractivity contribution is 5.94. The van der Waals surface area contributed by atoms with Crippen LogP contribution in [0.5, 0.6) is 5.75 Å². The standard InChI is InChI=1S/C15H20FNO3/c1-10(11-5-7-20-8-6-11)17-15(18)13-4-3-12(19-2)9-14(13)16/h3-4,9-11H,5-8H2,1-2H3,(H,17,18). The van der Waals surface area contributed by atoms with E-state index in [2.05, 4.69) is 5.32 Å². The summed E-state index contributed by atoms with van der Waals surface area (Å²) >= 11 is 0. The Morgan fingerprint density at radius 3 is 2.75 bits per heavy atom. The summed E-state index contributed by atoms with van der Waals surface area (Å²) in [5.41, 5.74) is 0.0460. The number of hydrogen-bond acceptors (Lipinski definition) is 3. The number of nitrogens with one attached hydrogen (secondary N) is 1. The van der Waals surface area contributed by atoms with Crippen LogP contribution in [0.1, 0.15) is 30.1 Å². The maximum Gasteiger partial charge on any atom is 0.254 e. The minimum atomic E-state index is -0.568. The summed E-state index contributed by atoms with van der Waals surface area (Å²) in [4.78, 5) is 12.1. The summed E-state index contributed by atoms with van der Waals surface area (Å²) in [6.45, 7) is 3.40. The molecule has 0 aromatic heterocycles. The number of amides is 1. The molecule has 0 saturated carbocycles. The zero-order chi connectivity index (χ0) is 14.5. The summed E-state index contributed by atoms with van der Waals surface area (Å²) < 4.78 is 24.0. The van der Waals surface area contributed by atoms with Crippen molar-refractivity contribution in [1.82, 2.24) is 5.32 Å². The first-order valence-electron chi connectivity index (χ1n) is 6.84. The third-order valence-corrected chi connectivity index (χ3v) is 3.75. The average Bonchev–Trinajstić information content (AvgIpc) is 2.47. The van der Waals surface area contributed by atoms with E-state index in [1.54, 1.807) is 6.07 Å². The Labute approximate surface area is 118 Å². The molecular weight excluding hydrogens is 261 g/mol. The molecule has 0 radical (unpaired) electrons. The van der Waals surface area contributed by atoms with Crippen molar-refractivity contribution in [2.75, 3.05) is 20.3 Å². The van der Waals surface area contributed by atoms with Crippen LogP contribution in [-0.4, -0.2) is 32.3 Å². The zero-order valence-corrected chi connectivity index (χ0v) is 11.8. The molecule has 1 amide bonds. The largest absolute Gasteiger partial charge is 0.497 e. The molecule has 1 unspecified atom stereocenters. The van der Waals surface area contributed by atoms with Crippen molar-refractivity contribution in [3.63, 3.8) is 0 Å². The molecule has 2 rings (SSSR count). The molecule has 0 bridgehead atoms. The first-order valence-corrected chi connectivity index (χ1v) is 6.84. The van der Waals surface area contributed by atoms with Crippen LogP contribution < -0.4 is 10.1 Å². The molecule has 1 N–H and O–H groups in total. The molecule has 1 aromatic rings. The molecular formula is C15H20FNO3. The van der Waals surface area contributed by atoms with Gasteiger partial charge < -0.3 is 14.8 Å². The molecule has 1 saturated heterocycles. The normalized spacial score (nSPS) is 17.6. The molecule has 4 nitrogen and oxygen atoms in total. The van der Waals surface area contributed by atoms with Crippen molar-refractivity contribution in [2.45, 2.75) is 25.8 Å². The number of carbonyl (C=O) groups is 1. The van der Waals surface area contributed by atoms with E-state index in [-0.39, 0.29) is 17.5 Å². The second-order valence-electron chi connectivity index (χ2n) is 5.06. The number of benzene rings is 1.